The maximum absolute atomic E-state index is 14.4. The van der Waals surface area contributed by atoms with Gasteiger partial charge in [-0.15, -0.1) is 0 Å². The van der Waals surface area contributed by atoms with Gasteiger partial charge < -0.3 is 5.11 Å². The summed E-state index contributed by atoms with van der Waals surface area (Å²) in [6, 6.07) is 12.2. The molecule has 3 aromatic rings. The number of aromatic hydroxyl groups is 1. The SMILES string of the molecule is O=C(Cc1ccc(C(=O)Cc2cccc(F)c2)c(F)c1)c1cc(F)ccc1O. The molecule has 6 heteroatoms. The molecule has 0 fully saturated rings. The predicted octanol–water partition coefficient (Wildman–Crippen LogP) is 4.66. The van der Waals surface area contributed by atoms with E-state index in [2.05, 4.69) is 0 Å². The number of benzene rings is 3. The van der Waals surface area contributed by atoms with Crippen LogP contribution in [0.1, 0.15) is 31.8 Å². The fourth-order valence-corrected chi connectivity index (χ4v) is 2.83. The Kier molecular flexibility index (Phi) is 5.59. The van der Waals surface area contributed by atoms with E-state index < -0.39 is 29.0 Å². The van der Waals surface area contributed by atoms with Crippen molar-refractivity contribution in [3.05, 3.63) is 100 Å². The Morgan fingerprint density at radius 1 is 0.714 bits per heavy atom. The van der Waals surface area contributed by atoms with Crippen LogP contribution in [0, 0.1) is 17.5 Å². The van der Waals surface area contributed by atoms with Crippen molar-refractivity contribution in [2.45, 2.75) is 12.8 Å². The van der Waals surface area contributed by atoms with E-state index in [1.54, 1.807) is 6.07 Å². The van der Waals surface area contributed by atoms with E-state index >= 15 is 0 Å². The summed E-state index contributed by atoms with van der Waals surface area (Å²) in [5.41, 5.74) is 0.319. The summed E-state index contributed by atoms with van der Waals surface area (Å²) in [4.78, 5) is 24.5. The summed E-state index contributed by atoms with van der Waals surface area (Å²) in [5.74, 6) is -3.45. The lowest BCUT2D eigenvalue weighted by molar-refractivity contribution is 0.0983. The van der Waals surface area contributed by atoms with E-state index in [9.17, 15) is 27.9 Å². The third kappa shape index (κ3) is 4.46. The van der Waals surface area contributed by atoms with Crippen molar-refractivity contribution in [2.75, 3.05) is 0 Å². The van der Waals surface area contributed by atoms with Crippen molar-refractivity contribution in [1.29, 1.82) is 0 Å². The lowest BCUT2D eigenvalue weighted by atomic mass is 9.98. The molecule has 3 aromatic carbocycles. The third-order valence-corrected chi connectivity index (χ3v) is 4.21. The highest BCUT2D eigenvalue weighted by Gasteiger charge is 2.17. The van der Waals surface area contributed by atoms with Gasteiger partial charge in [0.25, 0.3) is 0 Å². The lowest BCUT2D eigenvalue weighted by Crippen LogP contribution is -2.09. The van der Waals surface area contributed by atoms with Crippen molar-refractivity contribution in [3.8, 4) is 5.75 Å². The minimum atomic E-state index is -0.810. The van der Waals surface area contributed by atoms with E-state index in [0.29, 0.717) is 5.56 Å². The summed E-state index contributed by atoms with van der Waals surface area (Å²) < 4.78 is 40.8. The first-order valence-electron chi connectivity index (χ1n) is 8.41. The molecule has 3 rings (SSSR count). The standard InChI is InChI=1S/C22H15F3O3/c23-15-3-1-2-13(8-15)10-21(27)17-6-4-14(9-19(17)25)11-22(28)18-12-16(24)5-7-20(18)26/h1-9,12,26H,10-11H2. The minimum absolute atomic E-state index is 0.163. The Morgan fingerprint density at radius 3 is 2.04 bits per heavy atom. The first-order valence-corrected chi connectivity index (χ1v) is 8.41. The predicted molar refractivity (Wildman–Crippen MR) is 96.9 cm³/mol. The molecule has 0 unspecified atom stereocenters. The number of halogens is 3. The Hall–Kier alpha value is -3.41. The molecule has 0 aliphatic rings. The Labute approximate surface area is 159 Å². The number of ketones is 2. The number of phenolic OH excluding ortho intramolecular Hbond substituents is 1. The molecule has 0 aliphatic carbocycles. The van der Waals surface area contributed by atoms with Crippen LogP contribution in [0.2, 0.25) is 0 Å². The lowest BCUT2D eigenvalue weighted by Gasteiger charge is -2.07. The Bertz CT molecular complexity index is 1060. The zero-order valence-electron chi connectivity index (χ0n) is 14.6. The van der Waals surface area contributed by atoms with Crippen molar-refractivity contribution in [1.82, 2.24) is 0 Å². The topological polar surface area (TPSA) is 54.4 Å². The molecule has 142 valence electrons. The summed E-state index contributed by atoms with van der Waals surface area (Å²) in [6.07, 6.45) is -0.434. The normalized spacial score (nSPS) is 10.7. The summed E-state index contributed by atoms with van der Waals surface area (Å²) >= 11 is 0. The fraction of sp³-hybridized carbons (Fsp3) is 0.0909. The van der Waals surface area contributed by atoms with Gasteiger partial charge in [0.2, 0.25) is 0 Å². The highest BCUT2D eigenvalue weighted by molar-refractivity contribution is 6.00. The first kappa shape index (κ1) is 19.4. The van der Waals surface area contributed by atoms with Gasteiger partial charge in [0.15, 0.2) is 11.6 Å². The van der Waals surface area contributed by atoms with E-state index in [-0.39, 0.29) is 35.3 Å². The molecule has 0 spiro atoms. The molecule has 0 heterocycles. The van der Waals surface area contributed by atoms with Crippen LogP contribution in [0.3, 0.4) is 0 Å². The van der Waals surface area contributed by atoms with Crippen molar-refractivity contribution in [2.24, 2.45) is 0 Å². The highest BCUT2D eigenvalue weighted by atomic mass is 19.1. The van der Waals surface area contributed by atoms with Crippen LogP contribution in [-0.2, 0) is 12.8 Å². The molecule has 0 aliphatic heterocycles. The molecular weight excluding hydrogens is 369 g/mol. The summed E-state index contributed by atoms with van der Waals surface area (Å²) in [7, 11) is 0. The maximum Gasteiger partial charge on any atom is 0.171 e. The monoisotopic (exact) mass is 384 g/mol. The van der Waals surface area contributed by atoms with Crippen LogP contribution < -0.4 is 0 Å². The van der Waals surface area contributed by atoms with Gasteiger partial charge in [0, 0.05) is 12.8 Å². The number of hydrogen-bond acceptors (Lipinski definition) is 3. The first-order chi connectivity index (χ1) is 13.3. The average molecular weight is 384 g/mol. The van der Waals surface area contributed by atoms with Crippen LogP contribution in [-0.4, -0.2) is 16.7 Å². The quantitative estimate of drug-likeness (QED) is 0.629. The smallest absolute Gasteiger partial charge is 0.171 e. The van der Waals surface area contributed by atoms with Gasteiger partial charge in [-0.25, -0.2) is 13.2 Å². The highest BCUT2D eigenvalue weighted by Crippen LogP contribution is 2.21. The largest absolute Gasteiger partial charge is 0.507 e. The van der Waals surface area contributed by atoms with Gasteiger partial charge in [-0.3, -0.25) is 9.59 Å². The molecule has 28 heavy (non-hydrogen) atoms. The van der Waals surface area contributed by atoms with Crippen LogP contribution in [0.5, 0.6) is 5.75 Å². The Morgan fingerprint density at radius 2 is 1.36 bits per heavy atom. The number of rotatable bonds is 6. The van der Waals surface area contributed by atoms with E-state index in [1.807, 2.05) is 0 Å². The van der Waals surface area contributed by atoms with Gasteiger partial charge in [-0.1, -0.05) is 18.2 Å². The van der Waals surface area contributed by atoms with Gasteiger partial charge in [0.1, 0.15) is 23.2 Å². The van der Waals surface area contributed by atoms with E-state index in [1.165, 1.54) is 30.3 Å². The second kappa shape index (κ2) is 8.08. The van der Waals surface area contributed by atoms with Crippen molar-refractivity contribution in [3.63, 3.8) is 0 Å². The molecule has 0 aromatic heterocycles. The second-order valence-corrected chi connectivity index (χ2v) is 6.31. The number of Topliss-reactive ketones (excluding diaryl/α,β-unsaturated/α-hetero) is 2. The van der Waals surface area contributed by atoms with Crippen LogP contribution in [0.15, 0.2) is 60.7 Å². The van der Waals surface area contributed by atoms with Crippen LogP contribution in [0.25, 0.3) is 0 Å². The minimum Gasteiger partial charge on any atom is -0.507 e. The van der Waals surface area contributed by atoms with Gasteiger partial charge >= 0.3 is 0 Å². The molecule has 3 nitrogen and oxygen atoms in total. The fourth-order valence-electron chi connectivity index (χ4n) is 2.83. The number of hydrogen-bond donors (Lipinski definition) is 1. The summed E-state index contributed by atoms with van der Waals surface area (Å²) in [5, 5.41) is 9.68. The zero-order valence-corrected chi connectivity index (χ0v) is 14.6. The number of phenols is 1. The van der Waals surface area contributed by atoms with Crippen molar-refractivity contribution >= 4 is 11.6 Å². The number of carbonyl (C=O) groups excluding carboxylic acids is 2. The molecule has 1 N–H and O–H groups in total. The molecule has 0 radical (unpaired) electrons. The van der Waals surface area contributed by atoms with Gasteiger partial charge in [-0.2, -0.15) is 0 Å². The van der Waals surface area contributed by atoms with Gasteiger partial charge in [0.05, 0.1) is 11.1 Å². The summed E-state index contributed by atoms with van der Waals surface area (Å²) in [6.45, 7) is 0. The number of carbonyl (C=O) groups is 2. The van der Waals surface area contributed by atoms with E-state index in [0.717, 1.165) is 24.3 Å². The van der Waals surface area contributed by atoms with Gasteiger partial charge in [-0.05, 0) is 53.6 Å². The molecule has 0 bridgehead atoms. The molecule has 0 atom stereocenters. The Balaban J connectivity index is 1.75. The maximum atomic E-state index is 14.4. The van der Waals surface area contributed by atoms with E-state index in [4.69, 9.17) is 0 Å². The average Bonchev–Trinajstić information content (AvgIpc) is 2.63. The van der Waals surface area contributed by atoms with Crippen LogP contribution >= 0.6 is 0 Å². The van der Waals surface area contributed by atoms with Crippen molar-refractivity contribution < 1.29 is 27.9 Å². The molecule has 0 saturated heterocycles. The molecule has 0 amide bonds. The zero-order chi connectivity index (χ0) is 20.3. The molecule has 0 saturated carbocycles. The third-order valence-electron chi connectivity index (χ3n) is 4.21. The van der Waals surface area contributed by atoms with Crippen LogP contribution in [0.4, 0.5) is 13.2 Å². The molecular formula is C22H15F3O3. The second-order valence-electron chi connectivity index (χ2n) is 6.31.